The minimum atomic E-state index is 0.513. The van der Waals surface area contributed by atoms with Gasteiger partial charge in [0, 0.05) is 12.3 Å². The van der Waals surface area contributed by atoms with E-state index in [-0.39, 0.29) is 0 Å². The molecule has 0 unspecified atom stereocenters. The standard InChI is InChI=1S/C17H19N3O/c1-2-17(20-19-9-1)21-13-16-5-3-14(4-6-16)12-15-7-10-18-11-8-15/h1-6,9,12,18H,7-8,10-11,13H2. The maximum Gasteiger partial charge on any atom is 0.233 e. The lowest BCUT2D eigenvalue weighted by molar-refractivity contribution is 0.290. The van der Waals surface area contributed by atoms with E-state index in [2.05, 4.69) is 45.9 Å². The van der Waals surface area contributed by atoms with Crippen LogP contribution in [0.15, 0.2) is 48.2 Å². The Kier molecular flexibility index (Phi) is 4.59. The summed E-state index contributed by atoms with van der Waals surface area (Å²) in [6, 6.07) is 12.1. The van der Waals surface area contributed by atoms with E-state index in [0.717, 1.165) is 31.5 Å². The minimum Gasteiger partial charge on any atom is -0.472 e. The average Bonchev–Trinajstić information content (AvgIpc) is 2.56. The van der Waals surface area contributed by atoms with Gasteiger partial charge in [-0.15, -0.1) is 5.10 Å². The number of ether oxygens (including phenoxy) is 1. The van der Waals surface area contributed by atoms with Crippen molar-refractivity contribution in [1.82, 2.24) is 15.5 Å². The second kappa shape index (κ2) is 6.99. The summed E-state index contributed by atoms with van der Waals surface area (Å²) >= 11 is 0. The van der Waals surface area contributed by atoms with Gasteiger partial charge < -0.3 is 10.1 Å². The predicted octanol–water partition coefficient (Wildman–Crippen LogP) is 2.82. The Morgan fingerprint density at radius 3 is 2.62 bits per heavy atom. The summed E-state index contributed by atoms with van der Waals surface area (Å²) in [6.07, 6.45) is 6.24. The molecule has 0 aliphatic carbocycles. The molecule has 0 amide bonds. The van der Waals surface area contributed by atoms with Crippen LogP contribution in [0.2, 0.25) is 0 Å². The van der Waals surface area contributed by atoms with Crippen LogP contribution in [0.25, 0.3) is 6.08 Å². The first-order valence-electron chi connectivity index (χ1n) is 7.30. The van der Waals surface area contributed by atoms with Gasteiger partial charge in [0.25, 0.3) is 0 Å². The van der Waals surface area contributed by atoms with Crippen molar-refractivity contribution in [3.63, 3.8) is 0 Å². The van der Waals surface area contributed by atoms with Gasteiger partial charge in [0.15, 0.2) is 0 Å². The summed E-state index contributed by atoms with van der Waals surface area (Å²) in [6.45, 7) is 2.70. The molecule has 1 fully saturated rings. The van der Waals surface area contributed by atoms with Crippen LogP contribution >= 0.6 is 0 Å². The quantitative estimate of drug-likeness (QED) is 0.936. The lowest BCUT2D eigenvalue weighted by Gasteiger charge is -2.15. The third-order valence-electron chi connectivity index (χ3n) is 3.53. The molecule has 108 valence electrons. The van der Waals surface area contributed by atoms with Crippen LogP contribution in [0.5, 0.6) is 5.88 Å². The molecule has 0 saturated carbocycles. The number of nitrogens with zero attached hydrogens (tertiary/aromatic N) is 2. The first-order chi connectivity index (χ1) is 10.4. The molecular weight excluding hydrogens is 262 g/mol. The van der Waals surface area contributed by atoms with Gasteiger partial charge >= 0.3 is 0 Å². The van der Waals surface area contributed by atoms with Crippen molar-refractivity contribution in [2.45, 2.75) is 19.4 Å². The van der Waals surface area contributed by atoms with Gasteiger partial charge in [0.1, 0.15) is 6.61 Å². The number of piperidine rings is 1. The molecule has 21 heavy (non-hydrogen) atoms. The molecule has 1 saturated heterocycles. The number of aromatic nitrogens is 2. The van der Waals surface area contributed by atoms with Crippen molar-refractivity contribution < 1.29 is 4.74 Å². The Morgan fingerprint density at radius 2 is 1.90 bits per heavy atom. The predicted molar refractivity (Wildman–Crippen MR) is 82.9 cm³/mol. The van der Waals surface area contributed by atoms with E-state index in [9.17, 15) is 0 Å². The van der Waals surface area contributed by atoms with Crippen molar-refractivity contribution in [3.8, 4) is 5.88 Å². The van der Waals surface area contributed by atoms with Crippen LogP contribution < -0.4 is 10.1 Å². The zero-order valence-electron chi connectivity index (χ0n) is 12.0. The van der Waals surface area contributed by atoms with E-state index in [1.54, 1.807) is 6.20 Å². The van der Waals surface area contributed by atoms with Crippen LogP contribution in [0.3, 0.4) is 0 Å². The Morgan fingerprint density at radius 1 is 1.10 bits per heavy atom. The van der Waals surface area contributed by atoms with Gasteiger partial charge in [-0.1, -0.05) is 35.9 Å². The lowest BCUT2D eigenvalue weighted by Crippen LogP contribution is -2.22. The third kappa shape index (κ3) is 4.13. The highest BCUT2D eigenvalue weighted by atomic mass is 16.5. The summed E-state index contributed by atoms with van der Waals surface area (Å²) in [4.78, 5) is 0. The van der Waals surface area contributed by atoms with Crippen LogP contribution in [0.4, 0.5) is 0 Å². The van der Waals surface area contributed by atoms with Gasteiger partial charge in [0.2, 0.25) is 5.88 Å². The van der Waals surface area contributed by atoms with Crippen molar-refractivity contribution in [2.24, 2.45) is 0 Å². The van der Waals surface area contributed by atoms with Gasteiger partial charge in [-0.25, -0.2) is 0 Å². The first kappa shape index (κ1) is 13.8. The fourth-order valence-electron chi connectivity index (χ4n) is 2.36. The monoisotopic (exact) mass is 281 g/mol. The Bertz CT molecular complexity index is 585. The fourth-order valence-corrected chi connectivity index (χ4v) is 2.36. The molecular formula is C17H19N3O. The molecule has 0 radical (unpaired) electrons. The third-order valence-corrected chi connectivity index (χ3v) is 3.53. The Hall–Kier alpha value is -2.20. The van der Waals surface area contributed by atoms with E-state index >= 15 is 0 Å². The zero-order valence-corrected chi connectivity index (χ0v) is 12.0. The molecule has 1 aliphatic rings. The number of hydrogen-bond donors (Lipinski definition) is 1. The highest BCUT2D eigenvalue weighted by Gasteiger charge is 2.04. The average molecular weight is 281 g/mol. The van der Waals surface area contributed by atoms with Gasteiger partial charge in [-0.2, -0.15) is 5.10 Å². The van der Waals surface area contributed by atoms with Crippen LogP contribution in [0, 0.1) is 0 Å². The van der Waals surface area contributed by atoms with E-state index in [4.69, 9.17) is 4.74 Å². The maximum absolute atomic E-state index is 5.58. The van der Waals surface area contributed by atoms with E-state index in [0.29, 0.717) is 12.5 Å². The van der Waals surface area contributed by atoms with Gasteiger partial charge in [0.05, 0.1) is 0 Å². The van der Waals surface area contributed by atoms with E-state index in [1.165, 1.54) is 11.1 Å². The molecule has 4 heteroatoms. The Balaban J connectivity index is 1.59. The van der Waals surface area contributed by atoms with Crippen LogP contribution in [0.1, 0.15) is 24.0 Å². The van der Waals surface area contributed by atoms with E-state index < -0.39 is 0 Å². The molecule has 0 spiro atoms. The molecule has 1 aromatic heterocycles. The normalized spacial score (nSPS) is 14.8. The molecule has 1 aromatic carbocycles. The molecule has 0 atom stereocenters. The molecule has 0 bridgehead atoms. The fraction of sp³-hybridized carbons (Fsp3) is 0.294. The molecule has 2 heterocycles. The molecule has 3 rings (SSSR count). The molecule has 1 N–H and O–H groups in total. The highest BCUT2D eigenvalue weighted by Crippen LogP contribution is 2.16. The SMILES string of the molecule is C(=C1CCNCC1)c1ccc(COc2cccnn2)cc1. The first-order valence-corrected chi connectivity index (χ1v) is 7.30. The molecule has 4 nitrogen and oxygen atoms in total. The smallest absolute Gasteiger partial charge is 0.233 e. The molecule has 1 aliphatic heterocycles. The highest BCUT2D eigenvalue weighted by molar-refractivity contribution is 5.53. The largest absolute Gasteiger partial charge is 0.472 e. The number of rotatable bonds is 4. The van der Waals surface area contributed by atoms with Crippen LogP contribution in [-0.2, 0) is 6.61 Å². The zero-order chi connectivity index (χ0) is 14.3. The number of benzene rings is 1. The summed E-state index contributed by atoms with van der Waals surface area (Å²) in [5, 5.41) is 11.1. The lowest BCUT2D eigenvalue weighted by atomic mass is 10.0. The van der Waals surface area contributed by atoms with E-state index in [1.807, 2.05) is 12.1 Å². The van der Waals surface area contributed by atoms with Gasteiger partial charge in [-0.05, 0) is 43.1 Å². The minimum absolute atomic E-state index is 0.513. The van der Waals surface area contributed by atoms with Gasteiger partial charge in [-0.3, -0.25) is 0 Å². The summed E-state index contributed by atoms with van der Waals surface area (Å²) in [5.74, 6) is 0.554. The Labute approximate surface area is 124 Å². The maximum atomic E-state index is 5.58. The second-order valence-corrected chi connectivity index (χ2v) is 5.14. The topological polar surface area (TPSA) is 47.0 Å². The molecule has 2 aromatic rings. The van der Waals surface area contributed by atoms with Crippen molar-refractivity contribution >= 4 is 6.08 Å². The number of nitrogens with one attached hydrogen (secondary N) is 1. The van der Waals surface area contributed by atoms with Crippen molar-refractivity contribution in [1.29, 1.82) is 0 Å². The summed E-state index contributed by atoms with van der Waals surface area (Å²) in [5.41, 5.74) is 3.92. The number of hydrogen-bond acceptors (Lipinski definition) is 4. The van der Waals surface area contributed by atoms with Crippen molar-refractivity contribution in [3.05, 3.63) is 59.3 Å². The summed E-state index contributed by atoms with van der Waals surface area (Å²) in [7, 11) is 0. The summed E-state index contributed by atoms with van der Waals surface area (Å²) < 4.78 is 5.58. The van der Waals surface area contributed by atoms with Crippen molar-refractivity contribution in [2.75, 3.05) is 13.1 Å². The second-order valence-electron chi connectivity index (χ2n) is 5.14. The van der Waals surface area contributed by atoms with Crippen LogP contribution in [-0.4, -0.2) is 23.3 Å².